The lowest BCUT2D eigenvalue weighted by Gasteiger charge is -2.11. The first-order valence-electron chi connectivity index (χ1n) is 9.44. The summed E-state index contributed by atoms with van der Waals surface area (Å²) >= 11 is 9.18. The third kappa shape index (κ3) is 6.09. The number of ether oxygens (including phenoxy) is 2. The maximum Gasteiger partial charge on any atom is 0.343 e. The number of aromatic hydroxyl groups is 1. The molecule has 0 heterocycles. The lowest BCUT2D eigenvalue weighted by atomic mass is 10.2. The first-order chi connectivity index (χ1) is 15.4. The van der Waals surface area contributed by atoms with Crippen LogP contribution in [-0.2, 0) is 0 Å². The van der Waals surface area contributed by atoms with Crippen LogP contribution in [0.2, 0.25) is 5.02 Å². The van der Waals surface area contributed by atoms with Gasteiger partial charge in [-0.05, 0) is 73.2 Å². The van der Waals surface area contributed by atoms with Gasteiger partial charge in [0.05, 0.1) is 23.9 Å². The van der Waals surface area contributed by atoms with Crippen molar-refractivity contribution >= 4 is 45.6 Å². The van der Waals surface area contributed by atoms with Crippen molar-refractivity contribution in [2.45, 2.75) is 6.92 Å². The number of nitrogens with zero attached hydrogens (tertiary/aromatic N) is 1. The molecule has 3 aromatic rings. The number of halogens is 2. The highest BCUT2D eigenvalue weighted by atomic mass is 79.9. The third-order valence-electron chi connectivity index (χ3n) is 4.13. The van der Waals surface area contributed by atoms with Crippen molar-refractivity contribution in [2.24, 2.45) is 5.10 Å². The maximum atomic E-state index is 12.4. The van der Waals surface area contributed by atoms with Crippen molar-refractivity contribution in [1.29, 1.82) is 0 Å². The van der Waals surface area contributed by atoms with E-state index in [0.717, 1.165) is 4.47 Å². The number of hydrazone groups is 1. The second kappa shape index (κ2) is 10.8. The molecule has 0 bridgehead atoms. The van der Waals surface area contributed by atoms with Gasteiger partial charge in [-0.15, -0.1) is 0 Å². The van der Waals surface area contributed by atoms with Gasteiger partial charge in [-0.1, -0.05) is 27.5 Å². The van der Waals surface area contributed by atoms with Crippen LogP contribution in [0.25, 0.3) is 0 Å². The fourth-order valence-electron chi connectivity index (χ4n) is 2.62. The largest absolute Gasteiger partial charge is 0.507 e. The molecule has 3 rings (SSSR count). The molecule has 1 amide bonds. The normalized spacial score (nSPS) is 10.7. The Morgan fingerprint density at radius 3 is 2.56 bits per heavy atom. The molecule has 0 aliphatic rings. The summed E-state index contributed by atoms with van der Waals surface area (Å²) in [6, 6.07) is 15.8. The van der Waals surface area contributed by atoms with Gasteiger partial charge in [-0.25, -0.2) is 10.2 Å². The molecular formula is C23H18BrClN2O5. The molecule has 0 aliphatic carbocycles. The highest BCUT2D eigenvalue weighted by Crippen LogP contribution is 2.29. The molecule has 164 valence electrons. The number of amides is 1. The molecular weight excluding hydrogens is 500 g/mol. The van der Waals surface area contributed by atoms with Crippen molar-refractivity contribution < 1.29 is 24.2 Å². The smallest absolute Gasteiger partial charge is 0.343 e. The Balaban J connectivity index is 1.72. The second-order valence-electron chi connectivity index (χ2n) is 6.40. The lowest BCUT2D eigenvalue weighted by Crippen LogP contribution is -2.17. The summed E-state index contributed by atoms with van der Waals surface area (Å²) in [6.45, 7) is 2.16. The minimum atomic E-state index is -0.619. The molecule has 7 nitrogen and oxygen atoms in total. The molecule has 3 aromatic carbocycles. The Labute approximate surface area is 197 Å². The molecule has 0 spiro atoms. The van der Waals surface area contributed by atoms with Crippen LogP contribution in [0.3, 0.4) is 0 Å². The van der Waals surface area contributed by atoms with Gasteiger partial charge in [0, 0.05) is 9.50 Å². The standard InChI is InChI=1S/C23H18BrClN2O5/c1-2-31-21-11-14(13-26-27-22(29)18-12-17(25)8-9-19(18)28)3-10-20(21)32-23(30)15-4-6-16(24)7-5-15/h3-13,28H,2H2,1H3,(H,27,29). The van der Waals surface area contributed by atoms with Crippen LogP contribution in [0.1, 0.15) is 33.2 Å². The Bertz CT molecular complexity index is 1170. The number of phenolic OH excluding ortho intramolecular Hbond substituents is 1. The zero-order valence-electron chi connectivity index (χ0n) is 16.8. The van der Waals surface area contributed by atoms with E-state index in [0.29, 0.717) is 28.5 Å². The van der Waals surface area contributed by atoms with Gasteiger partial charge < -0.3 is 14.6 Å². The SMILES string of the molecule is CCOc1cc(C=NNC(=O)c2cc(Cl)ccc2O)ccc1OC(=O)c1ccc(Br)cc1. The fourth-order valence-corrected chi connectivity index (χ4v) is 3.05. The minimum absolute atomic E-state index is 0.000132. The zero-order valence-corrected chi connectivity index (χ0v) is 19.2. The summed E-state index contributed by atoms with van der Waals surface area (Å²) in [5.74, 6) is -0.747. The summed E-state index contributed by atoms with van der Waals surface area (Å²) in [7, 11) is 0. The lowest BCUT2D eigenvalue weighted by molar-refractivity contribution is 0.0728. The van der Waals surface area contributed by atoms with E-state index in [1.165, 1.54) is 24.4 Å². The van der Waals surface area contributed by atoms with E-state index in [1.807, 2.05) is 0 Å². The van der Waals surface area contributed by atoms with Gasteiger partial charge in [0.2, 0.25) is 0 Å². The second-order valence-corrected chi connectivity index (χ2v) is 7.75. The number of phenols is 1. The average Bonchev–Trinajstić information content (AvgIpc) is 2.77. The molecule has 0 unspecified atom stereocenters. The molecule has 2 N–H and O–H groups in total. The monoisotopic (exact) mass is 516 g/mol. The molecule has 0 atom stereocenters. The van der Waals surface area contributed by atoms with Crippen molar-refractivity contribution in [1.82, 2.24) is 5.43 Å². The van der Waals surface area contributed by atoms with E-state index in [9.17, 15) is 14.7 Å². The molecule has 32 heavy (non-hydrogen) atoms. The van der Waals surface area contributed by atoms with Gasteiger partial charge in [0.25, 0.3) is 5.91 Å². The average molecular weight is 518 g/mol. The van der Waals surface area contributed by atoms with Crippen molar-refractivity contribution in [2.75, 3.05) is 6.61 Å². The molecule has 0 aliphatic heterocycles. The van der Waals surface area contributed by atoms with Crippen LogP contribution in [0.5, 0.6) is 17.2 Å². The molecule has 0 saturated carbocycles. The van der Waals surface area contributed by atoms with Crippen LogP contribution in [0, 0.1) is 0 Å². The number of hydrogen-bond donors (Lipinski definition) is 2. The number of hydrogen-bond acceptors (Lipinski definition) is 6. The van der Waals surface area contributed by atoms with E-state index in [2.05, 4.69) is 26.5 Å². The van der Waals surface area contributed by atoms with E-state index < -0.39 is 11.9 Å². The van der Waals surface area contributed by atoms with Crippen LogP contribution >= 0.6 is 27.5 Å². The zero-order chi connectivity index (χ0) is 23.1. The number of esters is 1. The van der Waals surface area contributed by atoms with Gasteiger partial charge >= 0.3 is 5.97 Å². The molecule has 0 aromatic heterocycles. The van der Waals surface area contributed by atoms with E-state index in [1.54, 1.807) is 49.4 Å². The summed E-state index contributed by atoms with van der Waals surface area (Å²) in [5.41, 5.74) is 3.31. The van der Waals surface area contributed by atoms with Crippen LogP contribution < -0.4 is 14.9 Å². The predicted octanol–water partition coefficient (Wildman–Crippen LogP) is 5.19. The predicted molar refractivity (Wildman–Crippen MR) is 125 cm³/mol. The Morgan fingerprint density at radius 1 is 1.09 bits per heavy atom. The Kier molecular flexibility index (Phi) is 7.86. The van der Waals surface area contributed by atoms with Crippen LogP contribution in [0.15, 0.2) is 70.2 Å². The van der Waals surface area contributed by atoms with Gasteiger partial charge in [0.15, 0.2) is 11.5 Å². The highest BCUT2D eigenvalue weighted by molar-refractivity contribution is 9.10. The summed E-state index contributed by atoms with van der Waals surface area (Å²) in [4.78, 5) is 24.6. The summed E-state index contributed by atoms with van der Waals surface area (Å²) < 4.78 is 11.9. The van der Waals surface area contributed by atoms with Crippen molar-refractivity contribution in [3.8, 4) is 17.2 Å². The number of nitrogens with one attached hydrogen (secondary N) is 1. The number of rotatable bonds is 7. The maximum absolute atomic E-state index is 12.4. The number of carbonyl (C=O) groups is 2. The summed E-state index contributed by atoms with van der Waals surface area (Å²) in [6.07, 6.45) is 1.39. The Morgan fingerprint density at radius 2 is 1.84 bits per heavy atom. The fraction of sp³-hybridized carbons (Fsp3) is 0.0870. The van der Waals surface area contributed by atoms with Gasteiger partial charge in [-0.2, -0.15) is 5.10 Å². The van der Waals surface area contributed by atoms with E-state index >= 15 is 0 Å². The van der Waals surface area contributed by atoms with Crippen LogP contribution in [-0.4, -0.2) is 29.8 Å². The molecule has 9 heteroatoms. The first kappa shape index (κ1) is 23.3. The van der Waals surface area contributed by atoms with E-state index in [-0.39, 0.29) is 17.1 Å². The first-order valence-corrected chi connectivity index (χ1v) is 10.6. The summed E-state index contributed by atoms with van der Waals surface area (Å²) in [5, 5.41) is 14.0. The third-order valence-corrected chi connectivity index (χ3v) is 4.90. The number of benzene rings is 3. The molecule has 0 radical (unpaired) electrons. The van der Waals surface area contributed by atoms with Crippen molar-refractivity contribution in [3.63, 3.8) is 0 Å². The minimum Gasteiger partial charge on any atom is -0.507 e. The Hall–Kier alpha value is -3.36. The van der Waals surface area contributed by atoms with Gasteiger partial charge in [0.1, 0.15) is 5.75 Å². The topological polar surface area (TPSA) is 97.2 Å². The highest BCUT2D eigenvalue weighted by Gasteiger charge is 2.14. The molecule has 0 fully saturated rings. The van der Waals surface area contributed by atoms with Crippen LogP contribution in [0.4, 0.5) is 0 Å². The molecule has 0 saturated heterocycles. The number of carbonyl (C=O) groups excluding carboxylic acids is 2. The van der Waals surface area contributed by atoms with Crippen molar-refractivity contribution in [3.05, 3.63) is 86.8 Å². The van der Waals surface area contributed by atoms with Gasteiger partial charge in [-0.3, -0.25) is 4.79 Å². The quantitative estimate of drug-likeness (QED) is 0.195. The van der Waals surface area contributed by atoms with E-state index in [4.69, 9.17) is 21.1 Å².